The number of piperidine rings is 1. The topological polar surface area (TPSA) is 29.3 Å². The Kier molecular flexibility index (Phi) is 4.26. The molecule has 0 spiro atoms. The maximum atomic E-state index is 5.59. The van der Waals surface area contributed by atoms with E-state index in [9.17, 15) is 0 Å². The Balaban J connectivity index is 2.14. The number of hydrogen-bond acceptors (Lipinski definition) is 3. The van der Waals surface area contributed by atoms with Crippen molar-refractivity contribution in [1.82, 2.24) is 4.90 Å². The molecule has 11 heavy (non-hydrogen) atoms. The second kappa shape index (κ2) is 5.01. The highest BCUT2D eigenvalue weighted by Gasteiger charge is 2.16. The van der Waals surface area contributed by atoms with Gasteiger partial charge in [-0.1, -0.05) is 0 Å². The first kappa shape index (κ1) is 9.36. The molecule has 3 heteroatoms. The summed E-state index contributed by atoms with van der Waals surface area (Å²) < 4.78 is 0. The van der Waals surface area contributed by atoms with Gasteiger partial charge in [0, 0.05) is 12.3 Å². The van der Waals surface area contributed by atoms with Crippen LogP contribution in [-0.4, -0.2) is 36.8 Å². The number of rotatable bonds is 3. The fraction of sp³-hybridized carbons (Fsp3) is 1.00. The Labute approximate surface area is 74.5 Å². The van der Waals surface area contributed by atoms with Gasteiger partial charge in [0.2, 0.25) is 0 Å². The Morgan fingerprint density at radius 2 is 2.00 bits per heavy atom. The second-order valence-electron chi connectivity index (χ2n) is 3.24. The van der Waals surface area contributed by atoms with E-state index in [0.29, 0.717) is 0 Å². The van der Waals surface area contributed by atoms with Crippen molar-refractivity contribution in [3.05, 3.63) is 0 Å². The van der Waals surface area contributed by atoms with E-state index in [-0.39, 0.29) is 0 Å². The predicted molar refractivity (Wildman–Crippen MR) is 52.1 cm³/mol. The Morgan fingerprint density at radius 3 is 2.45 bits per heavy atom. The van der Waals surface area contributed by atoms with Crippen LogP contribution in [0.2, 0.25) is 0 Å². The van der Waals surface area contributed by atoms with Crippen molar-refractivity contribution in [3.8, 4) is 0 Å². The summed E-state index contributed by atoms with van der Waals surface area (Å²) in [5.74, 6) is 1.76. The van der Waals surface area contributed by atoms with Gasteiger partial charge in [0.1, 0.15) is 0 Å². The van der Waals surface area contributed by atoms with Gasteiger partial charge in [0.05, 0.1) is 0 Å². The molecule has 0 radical (unpaired) electrons. The number of likely N-dealkylation sites (tertiary alicyclic amines) is 1. The molecule has 0 aromatic carbocycles. The smallest absolute Gasteiger partial charge is 0.00698 e. The molecule has 66 valence electrons. The average Bonchev–Trinajstić information content (AvgIpc) is 2.07. The number of nitrogens with zero attached hydrogens (tertiary/aromatic N) is 1. The van der Waals surface area contributed by atoms with Gasteiger partial charge in [0.15, 0.2) is 0 Å². The van der Waals surface area contributed by atoms with Gasteiger partial charge >= 0.3 is 0 Å². The molecule has 0 unspecified atom stereocenters. The summed E-state index contributed by atoms with van der Waals surface area (Å²) in [6.07, 6.45) is 2.56. The first-order valence-corrected chi connectivity index (χ1v) is 5.03. The molecule has 2 N–H and O–H groups in total. The summed E-state index contributed by atoms with van der Waals surface area (Å²) >= 11 is 4.21. The minimum absolute atomic E-state index is 0.783. The number of nitrogens with two attached hydrogens (primary N) is 1. The minimum atomic E-state index is 0.783. The SMILES string of the molecule is NCC1CCN(CCS)CC1. The summed E-state index contributed by atoms with van der Waals surface area (Å²) in [6.45, 7) is 4.46. The van der Waals surface area contributed by atoms with Gasteiger partial charge < -0.3 is 10.6 Å². The van der Waals surface area contributed by atoms with Crippen LogP contribution in [0.15, 0.2) is 0 Å². The molecule has 1 aliphatic heterocycles. The lowest BCUT2D eigenvalue weighted by Gasteiger charge is -2.30. The van der Waals surface area contributed by atoms with E-state index in [2.05, 4.69) is 17.5 Å². The third kappa shape index (κ3) is 3.01. The van der Waals surface area contributed by atoms with E-state index in [4.69, 9.17) is 5.73 Å². The molecule has 0 saturated carbocycles. The van der Waals surface area contributed by atoms with Crippen LogP contribution in [0.1, 0.15) is 12.8 Å². The van der Waals surface area contributed by atoms with Gasteiger partial charge in [-0.05, 0) is 38.4 Å². The van der Waals surface area contributed by atoms with Crippen molar-refractivity contribution in [2.45, 2.75) is 12.8 Å². The van der Waals surface area contributed by atoms with Crippen LogP contribution < -0.4 is 5.73 Å². The molecule has 1 fully saturated rings. The van der Waals surface area contributed by atoms with Crippen molar-refractivity contribution >= 4 is 12.6 Å². The van der Waals surface area contributed by atoms with Crippen molar-refractivity contribution in [2.24, 2.45) is 11.7 Å². The van der Waals surface area contributed by atoms with Crippen molar-refractivity contribution in [1.29, 1.82) is 0 Å². The van der Waals surface area contributed by atoms with Crippen LogP contribution >= 0.6 is 12.6 Å². The van der Waals surface area contributed by atoms with Gasteiger partial charge in [-0.2, -0.15) is 12.6 Å². The van der Waals surface area contributed by atoms with Crippen LogP contribution in [0.3, 0.4) is 0 Å². The lowest BCUT2D eigenvalue weighted by molar-refractivity contribution is 0.197. The average molecular weight is 174 g/mol. The number of thiol groups is 1. The normalized spacial score (nSPS) is 22.4. The first-order valence-electron chi connectivity index (χ1n) is 4.40. The minimum Gasteiger partial charge on any atom is -0.330 e. The Morgan fingerprint density at radius 1 is 1.36 bits per heavy atom. The summed E-state index contributed by atoms with van der Waals surface area (Å²) in [5.41, 5.74) is 5.59. The molecule has 2 nitrogen and oxygen atoms in total. The third-order valence-electron chi connectivity index (χ3n) is 2.46. The fourth-order valence-electron chi connectivity index (χ4n) is 1.59. The predicted octanol–water partition coefficient (Wildman–Crippen LogP) is 0.587. The Bertz CT molecular complexity index is 100. The quantitative estimate of drug-likeness (QED) is 0.613. The molecule has 0 bridgehead atoms. The molecular weight excluding hydrogens is 156 g/mol. The van der Waals surface area contributed by atoms with E-state index >= 15 is 0 Å². The zero-order valence-corrected chi connectivity index (χ0v) is 7.89. The van der Waals surface area contributed by atoms with Gasteiger partial charge in [-0.3, -0.25) is 0 Å². The van der Waals surface area contributed by atoms with E-state index in [1.807, 2.05) is 0 Å². The van der Waals surface area contributed by atoms with Crippen LogP contribution in [0, 0.1) is 5.92 Å². The van der Waals surface area contributed by atoms with Crippen molar-refractivity contribution < 1.29 is 0 Å². The molecule has 1 aliphatic rings. The highest BCUT2D eigenvalue weighted by molar-refractivity contribution is 7.80. The zero-order valence-electron chi connectivity index (χ0n) is 7.00. The molecular formula is C8H18N2S. The van der Waals surface area contributed by atoms with E-state index in [1.165, 1.54) is 25.9 Å². The largest absolute Gasteiger partial charge is 0.330 e. The molecule has 0 aromatic rings. The molecule has 0 atom stereocenters. The van der Waals surface area contributed by atoms with Crippen LogP contribution in [0.4, 0.5) is 0 Å². The monoisotopic (exact) mass is 174 g/mol. The standard InChI is InChI=1S/C8H18N2S/c9-7-8-1-3-10(4-2-8)5-6-11/h8,11H,1-7,9H2. The lowest BCUT2D eigenvalue weighted by Crippen LogP contribution is -2.37. The molecule has 1 rings (SSSR count). The maximum absolute atomic E-state index is 5.59. The van der Waals surface area contributed by atoms with Gasteiger partial charge in [-0.15, -0.1) is 0 Å². The molecule has 0 amide bonds. The molecule has 1 saturated heterocycles. The molecule has 0 aliphatic carbocycles. The molecule has 1 heterocycles. The van der Waals surface area contributed by atoms with Crippen molar-refractivity contribution in [2.75, 3.05) is 31.9 Å². The van der Waals surface area contributed by atoms with Crippen LogP contribution in [-0.2, 0) is 0 Å². The van der Waals surface area contributed by atoms with E-state index in [1.54, 1.807) is 0 Å². The number of hydrogen-bond donors (Lipinski definition) is 2. The van der Waals surface area contributed by atoms with Crippen LogP contribution in [0.25, 0.3) is 0 Å². The highest BCUT2D eigenvalue weighted by Crippen LogP contribution is 2.15. The molecule has 0 aromatic heterocycles. The first-order chi connectivity index (χ1) is 5.36. The summed E-state index contributed by atoms with van der Waals surface area (Å²) in [4.78, 5) is 2.47. The van der Waals surface area contributed by atoms with Crippen LogP contribution in [0.5, 0.6) is 0 Å². The van der Waals surface area contributed by atoms with Gasteiger partial charge in [-0.25, -0.2) is 0 Å². The summed E-state index contributed by atoms with van der Waals surface area (Å²) in [6, 6.07) is 0. The Hall–Kier alpha value is 0.270. The highest BCUT2D eigenvalue weighted by atomic mass is 32.1. The third-order valence-corrected chi connectivity index (χ3v) is 2.66. The van der Waals surface area contributed by atoms with Gasteiger partial charge in [0.25, 0.3) is 0 Å². The second-order valence-corrected chi connectivity index (χ2v) is 3.69. The summed E-state index contributed by atoms with van der Waals surface area (Å²) in [5, 5.41) is 0. The summed E-state index contributed by atoms with van der Waals surface area (Å²) in [7, 11) is 0. The maximum Gasteiger partial charge on any atom is 0.00698 e. The van der Waals surface area contributed by atoms with E-state index < -0.39 is 0 Å². The van der Waals surface area contributed by atoms with Crippen molar-refractivity contribution in [3.63, 3.8) is 0 Å². The van der Waals surface area contributed by atoms with E-state index in [0.717, 1.165) is 24.8 Å². The zero-order chi connectivity index (χ0) is 8.10. The fourth-order valence-corrected chi connectivity index (χ4v) is 1.87. The lowest BCUT2D eigenvalue weighted by atomic mass is 9.97.